The Kier molecular flexibility index (Phi) is 7.63. The van der Waals surface area contributed by atoms with E-state index in [0.717, 1.165) is 25.7 Å². The number of aromatic nitrogens is 4. The summed E-state index contributed by atoms with van der Waals surface area (Å²) >= 11 is 0. The number of nitrogens with one attached hydrogen (secondary N) is 1. The number of aliphatic hydroxyl groups excluding tert-OH is 1. The molecule has 3 heterocycles. The molecule has 4 N–H and O–H groups in total. The van der Waals surface area contributed by atoms with Gasteiger partial charge in [0.25, 0.3) is 0 Å². The van der Waals surface area contributed by atoms with Gasteiger partial charge in [0.1, 0.15) is 17.4 Å². The van der Waals surface area contributed by atoms with Crippen LogP contribution in [0, 0.1) is 0 Å². The van der Waals surface area contributed by atoms with E-state index >= 15 is 0 Å². The minimum Gasteiger partial charge on any atom is -0.479 e. The summed E-state index contributed by atoms with van der Waals surface area (Å²) in [6.07, 6.45) is 1.63. The molecule has 1 unspecified atom stereocenters. The summed E-state index contributed by atoms with van der Waals surface area (Å²) in [5.74, 6) is 0.450. The highest BCUT2D eigenvalue weighted by Gasteiger charge is 2.55. The number of anilines is 1. The van der Waals surface area contributed by atoms with E-state index in [1.807, 2.05) is 6.07 Å². The summed E-state index contributed by atoms with van der Waals surface area (Å²) < 4.78 is 38.4. The Balaban J connectivity index is 1.42. The second kappa shape index (κ2) is 11.0. The number of imidazole rings is 1. The first-order chi connectivity index (χ1) is 18.8. The van der Waals surface area contributed by atoms with E-state index in [0.29, 0.717) is 11.3 Å². The van der Waals surface area contributed by atoms with E-state index in [2.05, 4.69) is 30.1 Å². The molecule has 2 aliphatic rings. The van der Waals surface area contributed by atoms with Gasteiger partial charge in [-0.25, -0.2) is 14.6 Å². The van der Waals surface area contributed by atoms with Crippen molar-refractivity contribution in [2.45, 2.75) is 62.6 Å². The summed E-state index contributed by atoms with van der Waals surface area (Å²) in [5, 5.41) is 18.2. The monoisotopic (exact) mass is 559 g/mol. The van der Waals surface area contributed by atoms with Gasteiger partial charge in [-0.1, -0.05) is 36.2 Å². The summed E-state index contributed by atoms with van der Waals surface area (Å²) in [4.78, 5) is 15.5. The number of nitrogens with two attached hydrogens (primary N) is 1. The third-order valence-electron chi connectivity index (χ3n) is 6.94. The molecule has 2 aromatic heterocycles. The molecular weight excluding hydrogens is 529 g/mol. The predicted octanol–water partition coefficient (Wildman–Crippen LogP) is 3.48. The van der Waals surface area contributed by atoms with Gasteiger partial charge < -0.3 is 24.8 Å². The molecule has 0 amide bonds. The third kappa shape index (κ3) is 5.37. The van der Waals surface area contributed by atoms with Crippen molar-refractivity contribution in [2.75, 3.05) is 19.5 Å². The van der Waals surface area contributed by atoms with Crippen LogP contribution in [-0.2, 0) is 13.8 Å². The van der Waals surface area contributed by atoms with E-state index in [1.165, 1.54) is 24.9 Å². The first-order valence-corrected chi connectivity index (χ1v) is 14.0. The summed E-state index contributed by atoms with van der Waals surface area (Å²) in [7, 11) is -2.46. The Bertz CT molecular complexity index is 1410. The molecule has 1 saturated carbocycles. The Morgan fingerprint density at radius 3 is 2.77 bits per heavy atom. The van der Waals surface area contributed by atoms with E-state index in [1.54, 1.807) is 24.3 Å². The zero-order chi connectivity index (χ0) is 27.6. The van der Waals surface area contributed by atoms with Gasteiger partial charge in [-0.2, -0.15) is 9.97 Å². The highest BCUT2D eigenvalue weighted by molar-refractivity contribution is 7.52. The minimum absolute atomic E-state index is 0.0346. The Morgan fingerprint density at radius 2 is 2.08 bits per heavy atom. The largest absolute Gasteiger partial charge is 0.479 e. The second-order valence-corrected chi connectivity index (χ2v) is 11.3. The van der Waals surface area contributed by atoms with Crippen LogP contribution >= 0.6 is 7.75 Å². The number of aliphatic hydroxyl groups is 1. The van der Waals surface area contributed by atoms with Crippen LogP contribution in [0.1, 0.15) is 38.8 Å². The van der Waals surface area contributed by atoms with Crippen LogP contribution < -0.4 is 20.1 Å². The number of benzene rings is 1. The maximum atomic E-state index is 13.8. The van der Waals surface area contributed by atoms with Gasteiger partial charge in [-0.15, -0.1) is 0 Å². The summed E-state index contributed by atoms with van der Waals surface area (Å²) in [6.45, 7) is 1.21. The number of nitrogens with zero attached hydrogens (tertiary/aromatic N) is 7. The highest BCUT2D eigenvalue weighted by atomic mass is 31.2. The molecule has 0 bridgehead atoms. The molecule has 2 fully saturated rings. The first kappa shape index (κ1) is 27.1. The molecule has 1 aliphatic heterocycles. The first-order valence-electron chi connectivity index (χ1n) is 12.5. The van der Waals surface area contributed by atoms with E-state index in [4.69, 9.17) is 24.3 Å². The van der Waals surface area contributed by atoms with Crippen molar-refractivity contribution in [3.63, 3.8) is 0 Å². The third-order valence-corrected chi connectivity index (χ3v) is 8.56. The maximum absolute atomic E-state index is 13.8. The molecule has 0 spiro atoms. The number of methoxy groups -OCH3 is 1. The normalized spacial score (nSPS) is 26.8. The lowest BCUT2D eigenvalue weighted by atomic mass is 9.93. The molecule has 15 nitrogen and oxygen atoms in total. The van der Waals surface area contributed by atoms with Crippen LogP contribution in [0.5, 0.6) is 11.6 Å². The van der Waals surface area contributed by atoms with Gasteiger partial charge in [0.15, 0.2) is 17.4 Å². The van der Waals surface area contributed by atoms with Crippen molar-refractivity contribution < 1.29 is 28.2 Å². The molecule has 208 valence electrons. The van der Waals surface area contributed by atoms with E-state index in [9.17, 15) is 15.2 Å². The molecule has 5 atom stereocenters. The Hall–Kier alpha value is -3.45. The van der Waals surface area contributed by atoms with Crippen LogP contribution in [0.25, 0.3) is 21.6 Å². The topological polar surface area (TPSA) is 205 Å². The predicted molar refractivity (Wildman–Crippen MR) is 140 cm³/mol. The van der Waals surface area contributed by atoms with Gasteiger partial charge in [0, 0.05) is 11.0 Å². The van der Waals surface area contributed by atoms with Crippen molar-refractivity contribution >= 4 is 24.9 Å². The average Bonchev–Trinajstić information content (AvgIpc) is 3.63. The average molecular weight is 560 g/mol. The van der Waals surface area contributed by atoms with Crippen molar-refractivity contribution in [3.8, 4) is 11.6 Å². The fraction of sp³-hybridized carbons (Fsp3) is 0.522. The van der Waals surface area contributed by atoms with Crippen LogP contribution in [0.15, 0.2) is 41.8 Å². The van der Waals surface area contributed by atoms with Gasteiger partial charge in [-0.05, 0) is 37.4 Å². The second-order valence-electron chi connectivity index (χ2n) is 9.61. The quantitative estimate of drug-likeness (QED) is 0.142. The maximum Gasteiger partial charge on any atom is 0.459 e. The number of hydrogen-bond donors (Lipinski definition) is 3. The molecule has 5 rings (SSSR count). The van der Waals surface area contributed by atoms with Crippen LogP contribution in [-0.4, -0.2) is 62.1 Å². The number of ether oxygens (including phenoxy) is 2. The molecule has 1 aliphatic carbocycles. The molecule has 16 heteroatoms. The molecule has 3 aromatic rings. The smallest absolute Gasteiger partial charge is 0.459 e. The SMILES string of the molecule is COc1nc(N)nc2c1ncn2[C@@H]1O[C@H](COP(=O)(NC2CCCC2)Oc2ccccc2)[C@@H](O)[C@@]1(C)N=[N+]=[N-]. The van der Waals surface area contributed by atoms with Gasteiger partial charge in [0.05, 0.1) is 26.1 Å². The van der Waals surface area contributed by atoms with Crippen molar-refractivity contribution in [1.82, 2.24) is 24.6 Å². The number of fused-ring (bicyclic) bond motifs is 1. The van der Waals surface area contributed by atoms with Crippen LogP contribution in [0.2, 0.25) is 0 Å². The number of hydrogen-bond acceptors (Lipinski definition) is 11. The van der Waals surface area contributed by atoms with Crippen molar-refractivity contribution in [2.24, 2.45) is 5.11 Å². The standard InChI is InChI=1S/C23H30N9O6P/c1-23(30-31-25)18(33)16(37-21(23)32-13-26-17-19(32)27-22(24)28-20(17)35-2)12-36-39(34,29-14-8-6-7-9-14)38-15-10-4-3-5-11-15/h3-5,10-11,13-14,16,18,21,33H,6-9,12H2,1-2H3,(H,29,34)(H2,24,27,28)/t16-,18-,21-,23-,39?/m1/s1. The number of azide groups is 1. The summed E-state index contributed by atoms with van der Waals surface area (Å²) in [6, 6.07) is 8.65. The number of nitrogen functional groups attached to an aromatic ring is 1. The van der Waals surface area contributed by atoms with Crippen molar-refractivity contribution in [1.29, 1.82) is 0 Å². The Morgan fingerprint density at radius 1 is 1.33 bits per heavy atom. The van der Waals surface area contributed by atoms with Gasteiger partial charge >= 0.3 is 7.75 Å². The van der Waals surface area contributed by atoms with E-state index in [-0.39, 0.29) is 30.1 Å². The lowest BCUT2D eigenvalue weighted by Gasteiger charge is -2.28. The van der Waals surface area contributed by atoms with Crippen molar-refractivity contribution in [3.05, 3.63) is 47.1 Å². The number of para-hydroxylation sites is 1. The molecule has 39 heavy (non-hydrogen) atoms. The molecule has 1 aromatic carbocycles. The fourth-order valence-corrected chi connectivity index (χ4v) is 6.59. The number of rotatable bonds is 10. The summed E-state index contributed by atoms with van der Waals surface area (Å²) in [5.41, 5.74) is 14.2. The Labute approximate surface area is 223 Å². The minimum atomic E-state index is -3.88. The lowest BCUT2D eigenvalue weighted by Crippen LogP contribution is -2.43. The van der Waals surface area contributed by atoms with E-state index < -0.39 is 31.7 Å². The zero-order valence-corrected chi connectivity index (χ0v) is 22.3. The molecular formula is C23H30N9O6P. The molecule has 1 saturated heterocycles. The zero-order valence-electron chi connectivity index (χ0n) is 21.5. The molecule has 0 radical (unpaired) electrons. The van der Waals surface area contributed by atoms with Gasteiger partial charge in [-0.3, -0.25) is 9.09 Å². The van der Waals surface area contributed by atoms with Gasteiger partial charge in [0.2, 0.25) is 11.8 Å². The lowest BCUT2D eigenvalue weighted by molar-refractivity contribution is -0.0424. The fourth-order valence-electron chi connectivity index (χ4n) is 4.96. The van der Waals surface area contributed by atoms with Crippen LogP contribution in [0.4, 0.5) is 5.95 Å². The highest BCUT2D eigenvalue weighted by Crippen LogP contribution is 2.49. The van der Waals surface area contributed by atoms with Crippen LogP contribution in [0.3, 0.4) is 0 Å².